The Morgan fingerprint density at radius 3 is 2.58 bits per heavy atom. The van der Waals surface area contributed by atoms with Crippen LogP contribution in [-0.2, 0) is 12.3 Å². The van der Waals surface area contributed by atoms with Gasteiger partial charge in [-0.05, 0) is 60.9 Å². The third-order valence-corrected chi connectivity index (χ3v) is 6.85. The summed E-state index contributed by atoms with van der Waals surface area (Å²) in [6.45, 7) is 5.03. The highest BCUT2D eigenvalue weighted by Gasteiger charge is 2.18. The zero-order valence-corrected chi connectivity index (χ0v) is 22.0. The Morgan fingerprint density at radius 1 is 1.06 bits per heavy atom. The second-order valence-electron chi connectivity index (χ2n) is 8.35. The van der Waals surface area contributed by atoms with Crippen molar-refractivity contribution in [3.8, 4) is 11.4 Å². The minimum absolute atomic E-state index is 0.189. The maximum absolute atomic E-state index is 12.8. The number of aromatic nitrogens is 3. The van der Waals surface area contributed by atoms with Gasteiger partial charge in [-0.1, -0.05) is 73.1 Å². The number of hydrogen-bond donors (Lipinski definition) is 1. The SMILES string of the molecule is CCCCOc1ccc(C(=O)NCc2nnc(SCc3ccccc3)n2-c2cc(Cl)ccc2C)cc1. The molecule has 0 unspecified atom stereocenters. The van der Waals surface area contributed by atoms with Gasteiger partial charge in [0.1, 0.15) is 5.75 Å². The van der Waals surface area contributed by atoms with E-state index in [1.165, 1.54) is 5.56 Å². The molecule has 0 bridgehead atoms. The summed E-state index contributed by atoms with van der Waals surface area (Å²) in [5, 5.41) is 13.2. The van der Waals surface area contributed by atoms with E-state index >= 15 is 0 Å². The molecule has 0 radical (unpaired) electrons. The summed E-state index contributed by atoms with van der Waals surface area (Å²) < 4.78 is 7.66. The number of aryl methyl sites for hydroxylation is 1. The molecule has 36 heavy (non-hydrogen) atoms. The van der Waals surface area contributed by atoms with Gasteiger partial charge in [-0.2, -0.15) is 0 Å². The molecule has 4 aromatic rings. The van der Waals surface area contributed by atoms with Crippen LogP contribution in [0.3, 0.4) is 0 Å². The van der Waals surface area contributed by atoms with Crippen molar-refractivity contribution in [2.24, 2.45) is 0 Å². The highest BCUT2D eigenvalue weighted by atomic mass is 35.5. The lowest BCUT2D eigenvalue weighted by Crippen LogP contribution is -2.24. The van der Waals surface area contributed by atoms with Crippen molar-refractivity contribution in [1.82, 2.24) is 20.1 Å². The molecule has 0 atom stereocenters. The van der Waals surface area contributed by atoms with E-state index in [0.29, 0.717) is 23.0 Å². The summed E-state index contributed by atoms with van der Waals surface area (Å²) in [5.41, 5.74) is 3.67. The number of rotatable bonds is 11. The number of carbonyl (C=O) groups is 1. The van der Waals surface area contributed by atoms with E-state index in [2.05, 4.69) is 34.6 Å². The first-order valence-electron chi connectivity index (χ1n) is 11.9. The predicted molar refractivity (Wildman–Crippen MR) is 145 cm³/mol. The highest BCUT2D eigenvalue weighted by Crippen LogP contribution is 2.28. The molecule has 0 saturated heterocycles. The molecule has 1 N–H and O–H groups in total. The first-order chi connectivity index (χ1) is 17.5. The second-order valence-corrected chi connectivity index (χ2v) is 9.73. The molecule has 3 aromatic carbocycles. The molecule has 8 heteroatoms. The van der Waals surface area contributed by atoms with Crippen LogP contribution < -0.4 is 10.1 Å². The maximum Gasteiger partial charge on any atom is 0.251 e. The number of nitrogens with one attached hydrogen (secondary N) is 1. The molecule has 0 saturated carbocycles. The summed E-state index contributed by atoms with van der Waals surface area (Å²) in [6, 6.07) is 23.1. The number of unbranched alkanes of at least 4 members (excludes halogenated alkanes) is 1. The van der Waals surface area contributed by atoms with Gasteiger partial charge >= 0.3 is 0 Å². The predicted octanol–water partition coefficient (Wildman–Crippen LogP) is 6.63. The second kappa shape index (κ2) is 12.6. The Balaban J connectivity index is 1.51. The summed E-state index contributed by atoms with van der Waals surface area (Å²) in [5.74, 6) is 1.95. The van der Waals surface area contributed by atoms with Crippen LogP contribution in [-0.4, -0.2) is 27.3 Å². The molecule has 0 fully saturated rings. The molecule has 1 heterocycles. The van der Waals surface area contributed by atoms with Crippen molar-refractivity contribution >= 4 is 29.3 Å². The maximum atomic E-state index is 12.8. The van der Waals surface area contributed by atoms with E-state index in [9.17, 15) is 4.79 Å². The Hall–Kier alpha value is -3.29. The molecule has 186 valence electrons. The number of carbonyl (C=O) groups excluding carboxylic acids is 1. The van der Waals surface area contributed by atoms with Crippen LogP contribution in [0.25, 0.3) is 5.69 Å². The number of nitrogens with zero attached hydrogens (tertiary/aromatic N) is 3. The zero-order chi connectivity index (χ0) is 25.3. The van der Waals surface area contributed by atoms with Crippen LogP contribution in [0.15, 0.2) is 78.0 Å². The molecule has 0 aliphatic carbocycles. The Kier molecular flexibility index (Phi) is 9.03. The van der Waals surface area contributed by atoms with Gasteiger partial charge in [-0.25, -0.2) is 0 Å². The minimum atomic E-state index is -0.189. The van der Waals surface area contributed by atoms with Crippen LogP contribution in [0.4, 0.5) is 0 Å². The molecule has 0 spiro atoms. The van der Waals surface area contributed by atoms with Gasteiger partial charge in [-0.3, -0.25) is 9.36 Å². The molecule has 4 rings (SSSR count). The van der Waals surface area contributed by atoms with E-state index in [0.717, 1.165) is 40.8 Å². The quantitative estimate of drug-likeness (QED) is 0.177. The van der Waals surface area contributed by atoms with E-state index in [4.69, 9.17) is 16.3 Å². The molecule has 0 aliphatic rings. The van der Waals surface area contributed by atoms with Crippen molar-refractivity contribution in [2.45, 2.75) is 44.1 Å². The standard InChI is InChI=1S/C28H29ClN4O2S/c1-3-4-16-35-24-14-11-22(12-15-24)27(34)30-18-26-31-32-28(36-19-21-8-6-5-7-9-21)33(26)25-17-23(29)13-10-20(25)2/h5-15,17H,3-4,16,18-19H2,1-2H3,(H,30,34). The van der Waals surface area contributed by atoms with Crippen molar-refractivity contribution < 1.29 is 9.53 Å². The smallest absolute Gasteiger partial charge is 0.251 e. The van der Waals surface area contributed by atoms with Gasteiger partial charge in [0.25, 0.3) is 5.91 Å². The minimum Gasteiger partial charge on any atom is -0.494 e. The molecule has 6 nitrogen and oxygen atoms in total. The number of thioether (sulfide) groups is 1. The number of ether oxygens (including phenoxy) is 1. The van der Waals surface area contributed by atoms with Gasteiger partial charge in [0.15, 0.2) is 11.0 Å². The summed E-state index contributed by atoms with van der Waals surface area (Å²) in [6.07, 6.45) is 2.08. The largest absolute Gasteiger partial charge is 0.494 e. The van der Waals surface area contributed by atoms with E-state index in [-0.39, 0.29) is 12.5 Å². The molecular weight excluding hydrogens is 492 g/mol. The fourth-order valence-electron chi connectivity index (χ4n) is 3.59. The summed E-state index contributed by atoms with van der Waals surface area (Å²) >= 11 is 7.92. The highest BCUT2D eigenvalue weighted by molar-refractivity contribution is 7.98. The lowest BCUT2D eigenvalue weighted by atomic mass is 10.2. The fourth-order valence-corrected chi connectivity index (χ4v) is 4.68. The molecule has 1 aromatic heterocycles. The normalized spacial score (nSPS) is 10.9. The van der Waals surface area contributed by atoms with Crippen molar-refractivity contribution in [1.29, 1.82) is 0 Å². The van der Waals surface area contributed by atoms with Crippen LogP contribution >= 0.6 is 23.4 Å². The van der Waals surface area contributed by atoms with E-state index < -0.39 is 0 Å². The van der Waals surface area contributed by atoms with Crippen LogP contribution in [0.2, 0.25) is 5.02 Å². The Morgan fingerprint density at radius 2 is 1.83 bits per heavy atom. The Labute approximate surface area is 221 Å². The van der Waals surface area contributed by atoms with Crippen molar-refractivity contribution in [3.05, 3.63) is 100 Å². The van der Waals surface area contributed by atoms with Gasteiger partial charge < -0.3 is 10.1 Å². The van der Waals surface area contributed by atoms with Gasteiger partial charge in [-0.15, -0.1) is 10.2 Å². The van der Waals surface area contributed by atoms with Gasteiger partial charge in [0.2, 0.25) is 0 Å². The van der Waals surface area contributed by atoms with Crippen molar-refractivity contribution in [2.75, 3.05) is 6.61 Å². The lowest BCUT2D eigenvalue weighted by Gasteiger charge is -2.14. The van der Waals surface area contributed by atoms with E-state index in [1.54, 1.807) is 23.9 Å². The average molecular weight is 521 g/mol. The van der Waals surface area contributed by atoms with Crippen LogP contribution in [0.5, 0.6) is 5.75 Å². The molecule has 1 amide bonds. The van der Waals surface area contributed by atoms with Gasteiger partial charge in [0.05, 0.1) is 18.8 Å². The van der Waals surface area contributed by atoms with E-state index in [1.807, 2.05) is 60.0 Å². The van der Waals surface area contributed by atoms with Gasteiger partial charge in [0, 0.05) is 16.3 Å². The Bertz CT molecular complexity index is 1290. The average Bonchev–Trinajstić information content (AvgIpc) is 3.31. The topological polar surface area (TPSA) is 69.0 Å². The number of halogens is 1. The third-order valence-electron chi connectivity index (χ3n) is 5.61. The third kappa shape index (κ3) is 6.68. The van der Waals surface area contributed by atoms with Crippen LogP contribution in [0, 0.1) is 6.92 Å². The van der Waals surface area contributed by atoms with Crippen LogP contribution in [0.1, 0.15) is 47.1 Å². The number of hydrogen-bond acceptors (Lipinski definition) is 5. The summed E-state index contributed by atoms with van der Waals surface area (Å²) in [7, 11) is 0. The van der Waals surface area contributed by atoms with Crippen molar-refractivity contribution in [3.63, 3.8) is 0 Å². The fraction of sp³-hybridized carbons (Fsp3) is 0.250. The number of amides is 1. The monoisotopic (exact) mass is 520 g/mol. The first kappa shape index (κ1) is 25.8. The summed E-state index contributed by atoms with van der Waals surface area (Å²) in [4.78, 5) is 12.8. The number of benzene rings is 3. The zero-order valence-electron chi connectivity index (χ0n) is 20.4. The lowest BCUT2D eigenvalue weighted by molar-refractivity contribution is 0.0949. The molecular formula is C28H29ClN4O2S. The first-order valence-corrected chi connectivity index (χ1v) is 13.3. The molecule has 0 aliphatic heterocycles.